The van der Waals surface area contributed by atoms with Gasteiger partial charge in [0.2, 0.25) is 0 Å². The molecule has 0 aliphatic heterocycles. The number of benzene rings is 1. The van der Waals surface area contributed by atoms with E-state index in [2.05, 4.69) is 0 Å². The van der Waals surface area contributed by atoms with Crippen LogP contribution in [0.5, 0.6) is 0 Å². The fourth-order valence-electron chi connectivity index (χ4n) is 1.52. The van der Waals surface area contributed by atoms with Gasteiger partial charge in [-0.3, -0.25) is 4.79 Å². The lowest BCUT2D eigenvalue weighted by Gasteiger charge is -2.16. The molecule has 4 nitrogen and oxygen atoms in total. The molecule has 1 amide bonds. The van der Waals surface area contributed by atoms with Crippen LogP contribution in [0.2, 0.25) is 0 Å². The molecule has 0 heterocycles. The molecule has 1 rings (SSSR count). The summed E-state index contributed by atoms with van der Waals surface area (Å²) in [7, 11) is 0. The van der Waals surface area contributed by atoms with Crippen molar-refractivity contribution < 1.29 is 32.3 Å². The van der Waals surface area contributed by atoms with Crippen LogP contribution in [0.3, 0.4) is 0 Å². The van der Waals surface area contributed by atoms with Gasteiger partial charge in [-0.1, -0.05) is 6.92 Å². The van der Waals surface area contributed by atoms with Gasteiger partial charge >= 0.3 is 12.1 Å². The molecule has 0 saturated heterocycles. The average molecular weight is 293 g/mol. The molecular weight excluding hydrogens is 282 g/mol. The minimum absolute atomic E-state index is 0.00359. The number of carbonyl (C=O) groups is 2. The summed E-state index contributed by atoms with van der Waals surface area (Å²) in [5.41, 5.74) is -2.27. The van der Waals surface area contributed by atoms with Gasteiger partial charge in [-0.2, -0.15) is 13.2 Å². The summed E-state index contributed by atoms with van der Waals surface area (Å²) < 4.78 is 51.0. The van der Waals surface area contributed by atoms with Gasteiger partial charge in [0.1, 0.15) is 11.9 Å². The van der Waals surface area contributed by atoms with Gasteiger partial charge in [0, 0.05) is 0 Å². The third-order valence-electron chi connectivity index (χ3n) is 2.54. The molecule has 0 radical (unpaired) electrons. The van der Waals surface area contributed by atoms with Gasteiger partial charge in [-0.05, 0) is 24.6 Å². The molecule has 0 aromatic heterocycles. The number of carbonyl (C=O) groups excluding carboxylic acids is 1. The quantitative estimate of drug-likeness (QED) is 0.838. The van der Waals surface area contributed by atoms with Gasteiger partial charge in [-0.25, -0.2) is 9.18 Å². The number of nitrogens with one attached hydrogen (secondary N) is 1. The second-order valence-corrected chi connectivity index (χ2v) is 3.96. The second kappa shape index (κ2) is 5.89. The van der Waals surface area contributed by atoms with Crippen LogP contribution in [0.1, 0.15) is 29.3 Å². The van der Waals surface area contributed by atoms with E-state index in [0.29, 0.717) is 12.1 Å². The number of rotatable bonds is 4. The molecule has 1 aromatic carbocycles. The Morgan fingerprint density at radius 1 is 1.35 bits per heavy atom. The van der Waals surface area contributed by atoms with E-state index >= 15 is 0 Å². The van der Waals surface area contributed by atoms with Crippen molar-refractivity contribution in [3.8, 4) is 0 Å². The number of amides is 1. The van der Waals surface area contributed by atoms with Gasteiger partial charge in [-0.15, -0.1) is 0 Å². The summed E-state index contributed by atoms with van der Waals surface area (Å²) in [6.45, 7) is 1.45. The van der Waals surface area contributed by atoms with Crippen molar-refractivity contribution in [2.45, 2.75) is 25.6 Å². The molecule has 8 heteroatoms. The van der Waals surface area contributed by atoms with Crippen LogP contribution >= 0.6 is 0 Å². The highest BCUT2D eigenvalue weighted by Crippen LogP contribution is 2.32. The van der Waals surface area contributed by atoms with Crippen LogP contribution in [-0.4, -0.2) is 23.0 Å². The highest BCUT2D eigenvalue weighted by molar-refractivity contribution is 5.98. The van der Waals surface area contributed by atoms with Gasteiger partial charge in [0.25, 0.3) is 5.91 Å². The smallest absolute Gasteiger partial charge is 0.417 e. The van der Waals surface area contributed by atoms with Crippen LogP contribution < -0.4 is 5.32 Å². The maximum atomic E-state index is 12.9. The molecule has 20 heavy (non-hydrogen) atoms. The number of carboxylic acid groups (broad SMARTS) is 1. The Balaban J connectivity index is 3.13. The topological polar surface area (TPSA) is 66.4 Å². The van der Waals surface area contributed by atoms with Gasteiger partial charge in [0.05, 0.1) is 11.1 Å². The maximum absolute atomic E-state index is 12.9. The number of hydrogen-bond donors (Lipinski definition) is 2. The summed E-state index contributed by atoms with van der Waals surface area (Å²) >= 11 is 0. The molecule has 2 N–H and O–H groups in total. The highest BCUT2D eigenvalue weighted by atomic mass is 19.4. The maximum Gasteiger partial charge on any atom is 0.417 e. The fourth-order valence-corrected chi connectivity index (χ4v) is 1.52. The molecule has 0 fully saturated rings. The first-order chi connectivity index (χ1) is 9.16. The lowest BCUT2D eigenvalue weighted by Crippen LogP contribution is -2.40. The molecule has 0 saturated carbocycles. The Morgan fingerprint density at radius 3 is 2.40 bits per heavy atom. The zero-order valence-electron chi connectivity index (χ0n) is 10.3. The number of alkyl halides is 3. The summed E-state index contributed by atoms with van der Waals surface area (Å²) in [6.07, 6.45) is -4.91. The molecule has 110 valence electrons. The molecule has 0 spiro atoms. The Bertz CT molecular complexity index is 528. The fraction of sp³-hybridized carbons (Fsp3) is 0.333. The highest BCUT2D eigenvalue weighted by Gasteiger charge is 2.36. The van der Waals surface area contributed by atoms with Crippen LogP contribution in [0.15, 0.2) is 18.2 Å². The van der Waals surface area contributed by atoms with Crippen molar-refractivity contribution in [3.05, 3.63) is 35.1 Å². The van der Waals surface area contributed by atoms with E-state index in [1.165, 1.54) is 6.92 Å². The van der Waals surface area contributed by atoms with Crippen molar-refractivity contribution in [2.24, 2.45) is 0 Å². The Kier molecular flexibility index (Phi) is 4.69. The lowest BCUT2D eigenvalue weighted by atomic mass is 10.1. The normalized spacial score (nSPS) is 12.8. The first-order valence-electron chi connectivity index (χ1n) is 5.57. The number of carboxylic acids is 1. The van der Waals surface area contributed by atoms with Crippen molar-refractivity contribution in [1.82, 2.24) is 5.32 Å². The average Bonchev–Trinajstić information content (AvgIpc) is 2.34. The monoisotopic (exact) mass is 293 g/mol. The summed E-state index contributed by atoms with van der Waals surface area (Å²) in [4.78, 5) is 22.4. The number of hydrogen-bond acceptors (Lipinski definition) is 2. The summed E-state index contributed by atoms with van der Waals surface area (Å²) in [6, 6.07) is 0.249. The zero-order valence-corrected chi connectivity index (χ0v) is 10.3. The van der Waals surface area contributed by atoms with Crippen LogP contribution in [0, 0.1) is 5.82 Å². The summed E-state index contributed by atoms with van der Waals surface area (Å²) in [5.74, 6) is -3.72. The van der Waals surface area contributed by atoms with Gasteiger partial charge in [0.15, 0.2) is 0 Å². The van der Waals surface area contributed by atoms with E-state index in [0.717, 1.165) is 0 Å². The standard InChI is InChI=1S/C12H11F4NO3/c1-2-9(11(19)20)17-10(18)7-4-3-6(13)5-8(7)12(14,15)16/h3-5,9H,2H2,1H3,(H,17,18)(H,19,20). The SMILES string of the molecule is CCC(NC(=O)c1ccc(F)cc1C(F)(F)F)C(=O)O. The van der Waals surface area contributed by atoms with E-state index in [9.17, 15) is 27.2 Å². The number of aliphatic carboxylic acids is 1. The Morgan fingerprint density at radius 2 is 1.95 bits per heavy atom. The van der Waals surface area contributed by atoms with Crippen molar-refractivity contribution in [1.29, 1.82) is 0 Å². The van der Waals surface area contributed by atoms with Gasteiger partial charge < -0.3 is 10.4 Å². The Labute approximate surface area is 111 Å². The van der Waals surface area contributed by atoms with Crippen molar-refractivity contribution in [2.75, 3.05) is 0 Å². The molecule has 0 bridgehead atoms. The van der Waals surface area contributed by atoms with Crippen molar-refractivity contribution >= 4 is 11.9 Å². The van der Waals surface area contributed by atoms with E-state index in [1.807, 2.05) is 5.32 Å². The molecule has 0 aliphatic carbocycles. The van der Waals surface area contributed by atoms with E-state index in [1.54, 1.807) is 0 Å². The minimum atomic E-state index is -4.92. The largest absolute Gasteiger partial charge is 0.480 e. The molecule has 1 aromatic rings. The van der Waals surface area contributed by atoms with Crippen LogP contribution in [0.25, 0.3) is 0 Å². The van der Waals surface area contributed by atoms with Crippen LogP contribution in [0.4, 0.5) is 17.6 Å². The summed E-state index contributed by atoms with van der Waals surface area (Å²) in [5, 5.41) is 10.7. The lowest BCUT2D eigenvalue weighted by molar-refractivity contribution is -0.139. The molecule has 0 aliphatic rings. The molecule has 1 unspecified atom stereocenters. The zero-order chi connectivity index (χ0) is 15.5. The number of halogens is 4. The second-order valence-electron chi connectivity index (χ2n) is 3.96. The predicted molar refractivity (Wildman–Crippen MR) is 60.6 cm³/mol. The first-order valence-corrected chi connectivity index (χ1v) is 5.57. The third kappa shape index (κ3) is 3.69. The van der Waals surface area contributed by atoms with Crippen LogP contribution in [-0.2, 0) is 11.0 Å². The predicted octanol–water partition coefficient (Wildman–Crippen LogP) is 2.44. The third-order valence-corrected chi connectivity index (χ3v) is 2.54. The van der Waals surface area contributed by atoms with Crippen molar-refractivity contribution in [3.63, 3.8) is 0 Å². The Hall–Kier alpha value is -2.12. The van der Waals surface area contributed by atoms with E-state index in [4.69, 9.17) is 5.11 Å². The minimum Gasteiger partial charge on any atom is -0.480 e. The first kappa shape index (κ1) is 15.9. The molecular formula is C12H11F4NO3. The van der Waals surface area contributed by atoms with E-state index in [-0.39, 0.29) is 12.5 Å². The molecule has 1 atom stereocenters. The van der Waals surface area contributed by atoms with E-state index < -0.39 is 41.0 Å².